The molecule has 0 radical (unpaired) electrons. The molecular formula is C15H8BrF2NO. The third-order valence-electron chi connectivity index (χ3n) is 2.72. The van der Waals surface area contributed by atoms with Crippen molar-refractivity contribution >= 4 is 21.7 Å². The van der Waals surface area contributed by atoms with E-state index in [2.05, 4.69) is 15.9 Å². The van der Waals surface area contributed by atoms with Crippen LogP contribution in [0.15, 0.2) is 46.9 Å². The second-order valence-electron chi connectivity index (χ2n) is 4.14. The smallest absolute Gasteiger partial charge is 0.184 e. The van der Waals surface area contributed by atoms with E-state index in [9.17, 15) is 13.6 Å². The molecule has 100 valence electrons. The lowest BCUT2D eigenvalue weighted by atomic mass is 9.92. The first-order chi connectivity index (χ1) is 9.51. The van der Waals surface area contributed by atoms with Gasteiger partial charge in [-0.05, 0) is 29.8 Å². The van der Waals surface area contributed by atoms with Crippen LogP contribution in [0.2, 0.25) is 0 Å². The molecular weight excluding hydrogens is 328 g/mol. The van der Waals surface area contributed by atoms with Crippen LogP contribution in [0.3, 0.4) is 0 Å². The molecule has 2 nitrogen and oxygen atoms in total. The van der Waals surface area contributed by atoms with E-state index in [-0.39, 0.29) is 5.56 Å². The fourth-order valence-corrected chi connectivity index (χ4v) is 2.25. The van der Waals surface area contributed by atoms with Gasteiger partial charge in [-0.25, -0.2) is 8.78 Å². The average molecular weight is 336 g/mol. The van der Waals surface area contributed by atoms with Crippen molar-refractivity contribution in [2.75, 3.05) is 0 Å². The largest absolute Gasteiger partial charge is 0.292 e. The van der Waals surface area contributed by atoms with Crippen molar-refractivity contribution in [3.63, 3.8) is 0 Å². The third kappa shape index (κ3) is 3.09. The van der Waals surface area contributed by atoms with Crippen molar-refractivity contribution in [1.82, 2.24) is 0 Å². The first kappa shape index (κ1) is 14.4. The van der Waals surface area contributed by atoms with Gasteiger partial charge in [0.15, 0.2) is 5.78 Å². The summed E-state index contributed by atoms with van der Waals surface area (Å²) in [6.45, 7) is 0. The molecule has 0 saturated heterocycles. The average Bonchev–Trinajstić information content (AvgIpc) is 2.38. The number of hydrogen-bond acceptors (Lipinski definition) is 2. The minimum Gasteiger partial charge on any atom is -0.292 e. The number of hydrogen-bond donors (Lipinski definition) is 0. The third-order valence-corrected chi connectivity index (χ3v) is 3.21. The lowest BCUT2D eigenvalue weighted by molar-refractivity contribution is 0.0978. The van der Waals surface area contributed by atoms with Crippen LogP contribution >= 0.6 is 15.9 Å². The molecule has 1 unspecified atom stereocenters. The summed E-state index contributed by atoms with van der Waals surface area (Å²) >= 11 is 3.25. The van der Waals surface area contributed by atoms with E-state index in [1.165, 1.54) is 0 Å². The zero-order valence-electron chi connectivity index (χ0n) is 10.1. The van der Waals surface area contributed by atoms with Gasteiger partial charge in [0.05, 0.1) is 6.07 Å². The molecule has 2 rings (SSSR count). The van der Waals surface area contributed by atoms with E-state index in [1.54, 1.807) is 24.3 Å². The van der Waals surface area contributed by atoms with Crippen LogP contribution in [0, 0.1) is 23.0 Å². The van der Waals surface area contributed by atoms with Crippen molar-refractivity contribution in [2.45, 2.75) is 5.92 Å². The van der Waals surface area contributed by atoms with Gasteiger partial charge in [0.1, 0.15) is 17.6 Å². The van der Waals surface area contributed by atoms with Gasteiger partial charge in [-0.15, -0.1) is 0 Å². The second kappa shape index (κ2) is 5.93. The summed E-state index contributed by atoms with van der Waals surface area (Å²) in [4.78, 5) is 12.2. The van der Waals surface area contributed by atoms with Crippen LogP contribution in [0.25, 0.3) is 0 Å². The fraction of sp³-hybridized carbons (Fsp3) is 0.0667. The molecule has 0 aromatic heterocycles. The normalized spacial score (nSPS) is 11.7. The zero-order chi connectivity index (χ0) is 14.7. The molecule has 5 heteroatoms. The molecule has 0 spiro atoms. The van der Waals surface area contributed by atoms with Gasteiger partial charge >= 0.3 is 0 Å². The van der Waals surface area contributed by atoms with Crippen molar-refractivity contribution < 1.29 is 13.6 Å². The van der Waals surface area contributed by atoms with Crippen molar-refractivity contribution in [1.29, 1.82) is 5.26 Å². The summed E-state index contributed by atoms with van der Waals surface area (Å²) in [6, 6.07) is 11.1. The Kier molecular flexibility index (Phi) is 4.26. The molecule has 0 amide bonds. The number of nitriles is 1. The predicted molar refractivity (Wildman–Crippen MR) is 73.2 cm³/mol. The predicted octanol–water partition coefficient (Wildman–Crippen LogP) is 4.22. The Bertz CT molecular complexity index is 689. The van der Waals surface area contributed by atoms with Crippen LogP contribution in [0.1, 0.15) is 21.8 Å². The van der Waals surface area contributed by atoms with Gasteiger partial charge in [0.25, 0.3) is 0 Å². The molecule has 0 saturated carbocycles. The molecule has 2 aromatic rings. The first-order valence-electron chi connectivity index (χ1n) is 5.66. The number of benzene rings is 2. The Hall–Kier alpha value is -2.06. The standard InChI is InChI=1S/C15H8BrF2NO/c16-11-3-1-2-9(4-11)14(8-19)15(20)10-5-12(17)7-13(18)6-10/h1-7,14H. The number of Topliss-reactive ketones (excluding diaryl/α,β-unsaturated/α-hetero) is 1. The molecule has 0 aliphatic heterocycles. The van der Waals surface area contributed by atoms with E-state index in [0.29, 0.717) is 16.1 Å². The Morgan fingerprint density at radius 2 is 1.80 bits per heavy atom. The molecule has 0 heterocycles. The number of nitrogens with zero attached hydrogens (tertiary/aromatic N) is 1. The lowest BCUT2D eigenvalue weighted by Crippen LogP contribution is -2.12. The summed E-state index contributed by atoms with van der Waals surface area (Å²) in [5.74, 6) is -3.43. The van der Waals surface area contributed by atoms with Gasteiger partial charge < -0.3 is 0 Å². The number of carbonyl (C=O) groups excluding carboxylic acids is 1. The maximum atomic E-state index is 13.1. The van der Waals surface area contributed by atoms with E-state index < -0.39 is 23.3 Å². The minimum absolute atomic E-state index is 0.158. The molecule has 0 fully saturated rings. The fourth-order valence-electron chi connectivity index (χ4n) is 1.83. The lowest BCUT2D eigenvalue weighted by Gasteiger charge is -2.09. The second-order valence-corrected chi connectivity index (χ2v) is 5.06. The Balaban J connectivity index is 2.42. The zero-order valence-corrected chi connectivity index (χ0v) is 11.7. The summed E-state index contributed by atoms with van der Waals surface area (Å²) in [5, 5.41) is 9.17. The van der Waals surface area contributed by atoms with Gasteiger partial charge in [-0.3, -0.25) is 4.79 Å². The highest BCUT2D eigenvalue weighted by molar-refractivity contribution is 9.10. The van der Waals surface area contributed by atoms with Crippen LogP contribution in [-0.2, 0) is 0 Å². The maximum Gasteiger partial charge on any atom is 0.184 e. The van der Waals surface area contributed by atoms with Gasteiger partial charge in [0, 0.05) is 16.1 Å². The molecule has 1 atom stereocenters. The van der Waals surface area contributed by atoms with Gasteiger partial charge in [-0.2, -0.15) is 5.26 Å². The van der Waals surface area contributed by atoms with E-state index in [0.717, 1.165) is 12.1 Å². The van der Waals surface area contributed by atoms with Crippen molar-refractivity contribution in [3.05, 3.63) is 69.7 Å². The summed E-state index contributed by atoms with van der Waals surface area (Å²) < 4.78 is 27.0. The number of ketones is 1. The number of halogens is 3. The molecule has 0 bridgehead atoms. The van der Waals surface area contributed by atoms with E-state index >= 15 is 0 Å². The number of carbonyl (C=O) groups is 1. The summed E-state index contributed by atoms with van der Waals surface area (Å²) in [5.41, 5.74) is 0.311. The molecule has 2 aromatic carbocycles. The van der Waals surface area contributed by atoms with Gasteiger partial charge in [0.2, 0.25) is 0 Å². The van der Waals surface area contributed by atoms with Crippen LogP contribution in [-0.4, -0.2) is 5.78 Å². The Labute approximate surface area is 122 Å². The highest BCUT2D eigenvalue weighted by atomic mass is 79.9. The van der Waals surface area contributed by atoms with E-state index in [1.807, 2.05) is 6.07 Å². The minimum atomic E-state index is -1.10. The monoisotopic (exact) mass is 335 g/mol. The van der Waals surface area contributed by atoms with Crippen LogP contribution < -0.4 is 0 Å². The van der Waals surface area contributed by atoms with Crippen molar-refractivity contribution in [2.24, 2.45) is 0 Å². The molecule has 0 N–H and O–H groups in total. The quantitative estimate of drug-likeness (QED) is 0.788. The van der Waals surface area contributed by atoms with Crippen LogP contribution in [0.5, 0.6) is 0 Å². The maximum absolute atomic E-state index is 13.1. The topological polar surface area (TPSA) is 40.9 Å². The first-order valence-corrected chi connectivity index (χ1v) is 6.46. The highest BCUT2D eigenvalue weighted by Crippen LogP contribution is 2.24. The Morgan fingerprint density at radius 3 is 2.35 bits per heavy atom. The molecule has 0 aliphatic carbocycles. The van der Waals surface area contributed by atoms with E-state index in [4.69, 9.17) is 5.26 Å². The van der Waals surface area contributed by atoms with Crippen LogP contribution in [0.4, 0.5) is 8.78 Å². The molecule has 0 aliphatic rings. The number of rotatable bonds is 3. The SMILES string of the molecule is N#CC(C(=O)c1cc(F)cc(F)c1)c1cccc(Br)c1. The highest BCUT2D eigenvalue weighted by Gasteiger charge is 2.23. The summed E-state index contributed by atoms with van der Waals surface area (Å²) in [6.07, 6.45) is 0. The molecule has 20 heavy (non-hydrogen) atoms. The summed E-state index contributed by atoms with van der Waals surface area (Å²) in [7, 11) is 0. The Morgan fingerprint density at radius 1 is 1.15 bits per heavy atom. The van der Waals surface area contributed by atoms with Crippen molar-refractivity contribution in [3.8, 4) is 6.07 Å². The van der Waals surface area contributed by atoms with Gasteiger partial charge in [-0.1, -0.05) is 28.1 Å².